The Morgan fingerprint density at radius 1 is 1.23 bits per heavy atom. The minimum absolute atomic E-state index is 0.159. The van der Waals surface area contributed by atoms with E-state index < -0.39 is 0 Å². The summed E-state index contributed by atoms with van der Waals surface area (Å²) in [6.07, 6.45) is 7.30. The topological polar surface area (TPSA) is 115 Å². The lowest BCUT2D eigenvalue weighted by molar-refractivity contribution is 0.00728. The number of hydrogen-bond acceptors (Lipinski definition) is 7. The molecule has 0 amide bonds. The van der Waals surface area contributed by atoms with Gasteiger partial charge in [-0.3, -0.25) is 4.90 Å². The van der Waals surface area contributed by atoms with Gasteiger partial charge >= 0.3 is 0 Å². The first kappa shape index (κ1) is 25.3. The van der Waals surface area contributed by atoms with E-state index in [-0.39, 0.29) is 28.4 Å². The fourth-order valence-corrected chi connectivity index (χ4v) is 5.07. The summed E-state index contributed by atoms with van der Waals surface area (Å²) in [6.45, 7) is 7.39. The van der Waals surface area contributed by atoms with Gasteiger partial charge in [0.05, 0.1) is 25.1 Å². The molecule has 2 fully saturated rings. The van der Waals surface area contributed by atoms with Gasteiger partial charge in [0, 0.05) is 24.8 Å². The second-order valence-corrected chi connectivity index (χ2v) is 9.66. The van der Waals surface area contributed by atoms with Gasteiger partial charge in [0.2, 0.25) is 5.95 Å². The van der Waals surface area contributed by atoms with E-state index in [1.807, 2.05) is 13.0 Å². The molecule has 1 saturated carbocycles. The molecule has 1 aliphatic carbocycles. The van der Waals surface area contributed by atoms with Gasteiger partial charge < -0.3 is 21.5 Å². The van der Waals surface area contributed by atoms with Gasteiger partial charge in [-0.05, 0) is 74.8 Å². The van der Waals surface area contributed by atoms with Crippen LogP contribution in [0, 0.1) is 12.7 Å². The average molecular weight is 502 g/mol. The van der Waals surface area contributed by atoms with Crippen LogP contribution >= 0.6 is 11.6 Å². The van der Waals surface area contributed by atoms with Crippen molar-refractivity contribution in [3.8, 4) is 0 Å². The number of aryl methyl sites for hydroxylation is 1. The molecule has 0 spiro atoms. The second-order valence-electron chi connectivity index (χ2n) is 9.26. The summed E-state index contributed by atoms with van der Waals surface area (Å²) in [5, 5.41) is 3.17. The molecule has 1 saturated heterocycles. The number of benzene rings is 1. The van der Waals surface area contributed by atoms with Crippen molar-refractivity contribution in [2.45, 2.75) is 51.5 Å². The minimum atomic E-state index is -0.342. The molecule has 5 N–H and O–H groups in total. The highest BCUT2D eigenvalue weighted by molar-refractivity contribution is 6.32. The van der Waals surface area contributed by atoms with Crippen LogP contribution in [0.2, 0.25) is 5.02 Å². The SMILES string of the molecule is C/C(N)=C/C(N)=Nc1nc(Nc2cc(C)c(C3CCC(N4CCOCC4)CC3)cc2F)ncc1Cl. The van der Waals surface area contributed by atoms with E-state index in [1.54, 1.807) is 13.0 Å². The number of rotatable bonds is 6. The molecule has 1 aromatic carbocycles. The molecule has 8 nitrogen and oxygen atoms in total. The summed E-state index contributed by atoms with van der Waals surface area (Å²) in [6, 6.07) is 4.08. The molecule has 1 aliphatic heterocycles. The number of halogens is 2. The summed E-state index contributed by atoms with van der Waals surface area (Å²) in [5.74, 6) is 0.527. The standard InChI is InChI=1S/C25H33ClFN7O/c1-15-11-22(31-25-30-14-20(26)24(33-25)32-23(29)12-16(2)28)21(27)13-19(15)17-3-5-18(6-4-17)34-7-9-35-10-8-34/h11-14,17-18H,3-10,28H2,1-2H3,(H3,29,30,31,32,33)/b16-12-. The van der Waals surface area contributed by atoms with Gasteiger partial charge in [-0.25, -0.2) is 14.4 Å². The number of morpholine rings is 1. The van der Waals surface area contributed by atoms with Gasteiger partial charge in [0.25, 0.3) is 0 Å². The first-order chi connectivity index (χ1) is 16.8. The second kappa shape index (κ2) is 11.3. The Balaban J connectivity index is 1.46. The van der Waals surface area contributed by atoms with Crippen LogP contribution in [0.1, 0.15) is 49.7 Å². The number of aromatic nitrogens is 2. The molecule has 188 valence electrons. The Hall–Kier alpha value is -2.75. The molecule has 0 unspecified atom stereocenters. The van der Waals surface area contributed by atoms with E-state index in [0.29, 0.717) is 23.3 Å². The minimum Gasteiger partial charge on any atom is -0.402 e. The molecule has 0 radical (unpaired) electrons. The summed E-state index contributed by atoms with van der Waals surface area (Å²) in [5.41, 5.74) is 14.4. The van der Waals surface area contributed by atoms with Crippen molar-refractivity contribution in [1.82, 2.24) is 14.9 Å². The summed E-state index contributed by atoms with van der Waals surface area (Å²) < 4.78 is 20.6. The quantitative estimate of drug-likeness (QED) is 0.393. The van der Waals surface area contributed by atoms with E-state index in [2.05, 4.69) is 25.2 Å². The lowest BCUT2D eigenvalue weighted by atomic mass is 9.79. The van der Waals surface area contributed by atoms with E-state index in [4.69, 9.17) is 27.8 Å². The zero-order valence-electron chi connectivity index (χ0n) is 20.2. The molecule has 2 heterocycles. The number of ether oxygens (including phenoxy) is 1. The molecule has 4 rings (SSSR count). The molecular formula is C25H33ClFN7O. The Labute approximate surface area is 210 Å². The van der Waals surface area contributed by atoms with E-state index in [1.165, 1.54) is 12.3 Å². The Bertz CT molecular complexity index is 1110. The molecule has 1 aromatic heterocycles. The predicted octanol–water partition coefficient (Wildman–Crippen LogP) is 4.53. The van der Waals surface area contributed by atoms with E-state index in [0.717, 1.165) is 63.1 Å². The van der Waals surface area contributed by atoms with E-state index >= 15 is 4.39 Å². The van der Waals surface area contributed by atoms with Crippen LogP contribution in [0.25, 0.3) is 0 Å². The van der Waals surface area contributed by atoms with Crippen molar-refractivity contribution in [3.63, 3.8) is 0 Å². The zero-order valence-corrected chi connectivity index (χ0v) is 21.0. The van der Waals surface area contributed by atoms with Crippen molar-refractivity contribution in [1.29, 1.82) is 0 Å². The monoisotopic (exact) mass is 501 g/mol. The first-order valence-corrected chi connectivity index (χ1v) is 12.4. The highest BCUT2D eigenvalue weighted by atomic mass is 35.5. The average Bonchev–Trinajstić information content (AvgIpc) is 2.83. The Morgan fingerprint density at radius 3 is 2.63 bits per heavy atom. The molecule has 2 aliphatic rings. The van der Waals surface area contributed by atoms with Crippen LogP contribution in [0.15, 0.2) is 35.1 Å². The highest BCUT2D eigenvalue weighted by Crippen LogP contribution is 2.38. The third kappa shape index (κ3) is 6.48. The third-order valence-electron chi connectivity index (χ3n) is 6.64. The summed E-state index contributed by atoms with van der Waals surface area (Å²) in [7, 11) is 0. The van der Waals surface area contributed by atoms with Crippen LogP contribution in [-0.2, 0) is 4.74 Å². The number of nitrogens with two attached hydrogens (primary N) is 2. The maximum atomic E-state index is 15.1. The molecular weight excluding hydrogens is 469 g/mol. The van der Waals surface area contributed by atoms with Gasteiger partial charge in [0.1, 0.15) is 16.7 Å². The van der Waals surface area contributed by atoms with Gasteiger partial charge in [-0.1, -0.05) is 11.6 Å². The van der Waals surface area contributed by atoms with Crippen LogP contribution in [0.4, 0.5) is 21.8 Å². The predicted molar refractivity (Wildman–Crippen MR) is 138 cm³/mol. The first-order valence-electron chi connectivity index (χ1n) is 12.0. The lowest BCUT2D eigenvalue weighted by Crippen LogP contribution is -2.44. The largest absolute Gasteiger partial charge is 0.402 e. The lowest BCUT2D eigenvalue weighted by Gasteiger charge is -2.39. The van der Waals surface area contributed by atoms with Gasteiger partial charge in [-0.2, -0.15) is 4.98 Å². The highest BCUT2D eigenvalue weighted by Gasteiger charge is 2.28. The maximum Gasteiger partial charge on any atom is 0.229 e. The van der Waals surface area contributed by atoms with Crippen LogP contribution < -0.4 is 16.8 Å². The molecule has 2 aromatic rings. The van der Waals surface area contributed by atoms with Crippen molar-refractivity contribution in [2.24, 2.45) is 16.5 Å². The molecule has 0 atom stereocenters. The number of hydrogen-bond donors (Lipinski definition) is 3. The number of allylic oxidation sites excluding steroid dienone is 1. The van der Waals surface area contributed by atoms with Gasteiger partial charge in [0.15, 0.2) is 5.82 Å². The molecule has 35 heavy (non-hydrogen) atoms. The van der Waals surface area contributed by atoms with Crippen molar-refractivity contribution < 1.29 is 9.13 Å². The van der Waals surface area contributed by atoms with E-state index in [9.17, 15) is 0 Å². The van der Waals surface area contributed by atoms with Crippen LogP contribution in [-0.4, -0.2) is 53.0 Å². The normalized spacial score (nSPS) is 22.3. The Kier molecular flexibility index (Phi) is 8.20. The third-order valence-corrected chi connectivity index (χ3v) is 6.90. The number of nitrogens with zero attached hydrogens (tertiary/aromatic N) is 4. The summed E-state index contributed by atoms with van der Waals surface area (Å²) >= 11 is 6.15. The molecule has 0 bridgehead atoms. The Morgan fingerprint density at radius 2 is 1.94 bits per heavy atom. The van der Waals surface area contributed by atoms with Crippen LogP contribution in [0.3, 0.4) is 0 Å². The maximum absolute atomic E-state index is 15.1. The van der Waals surface area contributed by atoms with Crippen molar-refractivity contribution in [3.05, 3.63) is 52.1 Å². The smallest absolute Gasteiger partial charge is 0.229 e. The van der Waals surface area contributed by atoms with Gasteiger partial charge in [-0.15, -0.1) is 0 Å². The van der Waals surface area contributed by atoms with Crippen LogP contribution in [0.5, 0.6) is 0 Å². The molecule has 10 heteroatoms. The number of amidine groups is 1. The fraction of sp³-hybridized carbons (Fsp3) is 0.480. The van der Waals surface area contributed by atoms with Crippen molar-refractivity contribution >= 4 is 34.9 Å². The number of nitrogens with one attached hydrogen (secondary N) is 1. The van der Waals surface area contributed by atoms with Crippen molar-refractivity contribution in [2.75, 3.05) is 31.6 Å². The fourth-order valence-electron chi connectivity index (χ4n) is 4.93. The number of aliphatic imine (C=N–C) groups is 1. The zero-order chi connectivity index (χ0) is 24.9. The summed E-state index contributed by atoms with van der Waals surface area (Å²) in [4.78, 5) is 15.1. The number of anilines is 2.